The van der Waals surface area contributed by atoms with E-state index in [9.17, 15) is 28.2 Å². The summed E-state index contributed by atoms with van der Waals surface area (Å²) in [6.45, 7) is 6.51. The number of nitrogens with one attached hydrogen (secondary N) is 1. The van der Waals surface area contributed by atoms with E-state index in [2.05, 4.69) is 41.0 Å². The van der Waals surface area contributed by atoms with Gasteiger partial charge in [-0.15, -0.1) is 0 Å². The number of likely N-dealkylation sites (tertiary alicyclic amines) is 1. The van der Waals surface area contributed by atoms with Crippen molar-refractivity contribution in [3.63, 3.8) is 0 Å². The summed E-state index contributed by atoms with van der Waals surface area (Å²) in [7, 11) is 0. The fourth-order valence-corrected chi connectivity index (χ4v) is 5.04. The SMILES string of the molecule is CC(C)(C)c1ccc(Nc2nc(CN3CC(O)CC3C(=O)O)nc3cc(-c4ncccc4C(F)(F)F)ccc23)cc1. The predicted molar refractivity (Wildman–Crippen MR) is 149 cm³/mol. The van der Waals surface area contributed by atoms with Gasteiger partial charge >= 0.3 is 12.1 Å². The molecule has 0 aliphatic carbocycles. The predicted octanol–water partition coefficient (Wildman–Crippen LogP) is 5.77. The molecular weight excluding hydrogens is 535 g/mol. The molecular formula is C30H30F3N5O3. The van der Waals surface area contributed by atoms with Gasteiger partial charge in [0.15, 0.2) is 0 Å². The molecule has 1 aliphatic rings. The molecule has 0 spiro atoms. The Morgan fingerprint density at radius 3 is 2.46 bits per heavy atom. The molecule has 2 aromatic carbocycles. The lowest BCUT2D eigenvalue weighted by molar-refractivity contribution is -0.142. The summed E-state index contributed by atoms with van der Waals surface area (Å²) in [5.74, 6) is -0.374. The van der Waals surface area contributed by atoms with E-state index >= 15 is 0 Å². The zero-order chi connectivity index (χ0) is 29.5. The van der Waals surface area contributed by atoms with Crippen LogP contribution < -0.4 is 5.32 Å². The molecule has 0 bridgehead atoms. The molecule has 11 heteroatoms. The lowest BCUT2D eigenvalue weighted by Crippen LogP contribution is -2.36. The van der Waals surface area contributed by atoms with Crippen molar-refractivity contribution in [3.05, 3.63) is 77.7 Å². The van der Waals surface area contributed by atoms with Crippen molar-refractivity contribution in [2.24, 2.45) is 0 Å². The van der Waals surface area contributed by atoms with Gasteiger partial charge in [-0.1, -0.05) is 39.0 Å². The van der Waals surface area contributed by atoms with Crippen LogP contribution in [0, 0.1) is 0 Å². The number of carboxylic acid groups (broad SMARTS) is 1. The molecule has 8 nitrogen and oxygen atoms in total. The van der Waals surface area contributed by atoms with Crippen molar-refractivity contribution in [3.8, 4) is 11.3 Å². The number of anilines is 2. The van der Waals surface area contributed by atoms with Crippen LogP contribution in [-0.2, 0) is 22.9 Å². The second-order valence-corrected chi connectivity index (χ2v) is 11.2. The lowest BCUT2D eigenvalue weighted by atomic mass is 9.87. The average Bonchev–Trinajstić information content (AvgIpc) is 3.27. The molecule has 0 amide bonds. The third kappa shape index (κ3) is 6.15. The Hall–Kier alpha value is -4.09. The van der Waals surface area contributed by atoms with E-state index in [0.717, 1.165) is 17.3 Å². The standard InChI is InChI=1S/C30H30F3N5O3/c1-29(2,3)18-7-9-19(10-8-18)35-27-21-11-6-17(26-22(30(31,32)33)5-4-12-34-26)13-23(21)36-25(37-27)16-38-15-20(39)14-24(38)28(40)41/h4-13,20,24,39H,14-16H2,1-3H3,(H,40,41)(H,35,36,37). The van der Waals surface area contributed by atoms with Crippen molar-refractivity contribution in [1.29, 1.82) is 0 Å². The Balaban J connectivity index is 1.59. The van der Waals surface area contributed by atoms with Crippen LogP contribution in [0.4, 0.5) is 24.7 Å². The van der Waals surface area contributed by atoms with Gasteiger partial charge in [-0.2, -0.15) is 13.2 Å². The molecule has 1 fully saturated rings. The molecule has 2 atom stereocenters. The van der Waals surface area contributed by atoms with Crippen LogP contribution in [0.25, 0.3) is 22.2 Å². The van der Waals surface area contributed by atoms with Gasteiger partial charge in [-0.05, 0) is 47.4 Å². The van der Waals surface area contributed by atoms with E-state index in [1.165, 1.54) is 18.3 Å². The maximum atomic E-state index is 13.7. The van der Waals surface area contributed by atoms with Gasteiger partial charge in [-0.3, -0.25) is 14.7 Å². The smallest absolute Gasteiger partial charge is 0.418 e. The molecule has 41 heavy (non-hydrogen) atoms. The molecule has 214 valence electrons. The molecule has 2 unspecified atom stereocenters. The number of fused-ring (bicyclic) bond motifs is 1. The molecule has 2 aromatic heterocycles. The Morgan fingerprint density at radius 2 is 1.80 bits per heavy atom. The first-order valence-corrected chi connectivity index (χ1v) is 13.2. The minimum Gasteiger partial charge on any atom is -0.480 e. The summed E-state index contributed by atoms with van der Waals surface area (Å²) < 4.78 is 41.2. The summed E-state index contributed by atoms with van der Waals surface area (Å²) in [4.78, 5) is 26.6. The quantitative estimate of drug-likeness (QED) is 0.270. The normalized spacial score (nSPS) is 18.1. The Bertz CT molecular complexity index is 1590. The Morgan fingerprint density at radius 1 is 1.07 bits per heavy atom. The number of aliphatic hydroxyl groups is 1. The second-order valence-electron chi connectivity index (χ2n) is 11.2. The van der Waals surface area contributed by atoms with E-state index in [1.807, 2.05) is 24.3 Å². The van der Waals surface area contributed by atoms with Crippen molar-refractivity contribution in [2.75, 3.05) is 11.9 Å². The number of hydrogen-bond acceptors (Lipinski definition) is 7. The molecule has 5 rings (SSSR count). The van der Waals surface area contributed by atoms with E-state index < -0.39 is 29.9 Å². The van der Waals surface area contributed by atoms with Gasteiger partial charge in [0, 0.05) is 35.8 Å². The van der Waals surface area contributed by atoms with E-state index in [1.54, 1.807) is 17.0 Å². The number of pyridine rings is 1. The molecule has 3 N–H and O–H groups in total. The van der Waals surface area contributed by atoms with Crippen LogP contribution in [0.15, 0.2) is 60.8 Å². The van der Waals surface area contributed by atoms with Crippen LogP contribution in [0.5, 0.6) is 0 Å². The topological polar surface area (TPSA) is 111 Å². The van der Waals surface area contributed by atoms with Gasteiger partial charge in [0.1, 0.15) is 17.7 Å². The monoisotopic (exact) mass is 565 g/mol. The highest BCUT2D eigenvalue weighted by Gasteiger charge is 2.37. The number of nitrogens with zero attached hydrogens (tertiary/aromatic N) is 4. The van der Waals surface area contributed by atoms with E-state index in [0.29, 0.717) is 16.7 Å². The molecule has 3 heterocycles. The highest BCUT2D eigenvalue weighted by Crippen LogP contribution is 2.37. The Labute approximate surface area is 234 Å². The van der Waals surface area contributed by atoms with Crippen molar-refractivity contribution < 1.29 is 28.2 Å². The maximum absolute atomic E-state index is 13.7. The summed E-state index contributed by atoms with van der Waals surface area (Å²) in [5, 5.41) is 23.6. The fourth-order valence-electron chi connectivity index (χ4n) is 5.04. The molecule has 1 aliphatic heterocycles. The van der Waals surface area contributed by atoms with E-state index in [-0.39, 0.29) is 42.0 Å². The number of β-amino-alcohol motifs (C(OH)–C–C–N with tert-alkyl or cyclic N) is 1. The van der Waals surface area contributed by atoms with Crippen LogP contribution in [0.1, 0.15) is 44.1 Å². The lowest BCUT2D eigenvalue weighted by Gasteiger charge is -2.21. The van der Waals surface area contributed by atoms with Crippen molar-refractivity contribution >= 4 is 28.4 Å². The average molecular weight is 566 g/mol. The molecule has 0 radical (unpaired) electrons. The molecule has 0 saturated carbocycles. The number of carboxylic acids is 1. The highest BCUT2D eigenvalue weighted by molar-refractivity contribution is 5.93. The summed E-state index contributed by atoms with van der Waals surface area (Å²) >= 11 is 0. The van der Waals surface area contributed by atoms with Crippen molar-refractivity contribution in [1.82, 2.24) is 19.9 Å². The number of alkyl halides is 3. The number of aromatic nitrogens is 3. The van der Waals surface area contributed by atoms with E-state index in [4.69, 9.17) is 0 Å². The summed E-state index contributed by atoms with van der Waals surface area (Å²) in [5.41, 5.74) is 1.37. The van der Waals surface area contributed by atoms with Crippen LogP contribution in [0.3, 0.4) is 0 Å². The minimum atomic E-state index is -4.59. The highest BCUT2D eigenvalue weighted by atomic mass is 19.4. The van der Waals surface area contributed by atoms with Crippen LogP contribution in [-0.4, -0.2) is 54.7 Å². The largest absolute Gasteiger partial charge is 0.480 e. The van der Waals surface area contributed by atoms with Gasteiger partial charge in [-0.25, -0.2) is 9.97 Å². The van der Waals surface area contributed by atoms with Gasteiger partial charge in [0.25, 0.3) is 0 Å². The number of rotatable bonds is 6. The zero-order valence-corrected chi connectivity index (χ0v) is 22.8. The van der Waals surface area contributed by atoms with Gasteiger partial charge in [0.05, 0.1) is 29.4 Å². The zero-order valence-electron chi connectivity index (χ0n) is 22.8. The third-order valence-electron chi connectivity index (χ3n) is 7.15. The number of aliphatic carboxylic acids is 1. The number of aliphatic hydroxyl groups excluding tert-OH is 1. The first-order valence-electron chi connectivity index (χ1n) is 13.2. The first kappa shape index (κ1) is 28.4. The minimum absolute atomic E-state index is 0.0310. The first-order chi connectivity index (χ1) is 19.3. The number of benzene rings is 2. The van der Waals surface area contributed by atoms with Crippen molar-refractivity contribution in [2.45, 2.75) is 57.5 Å². The fraction of sp³-hybridized carbons (Fsp3) is 0.333. The Kier molecular flexibility index (Phi) is 7.43. The molecule has 4 aromatic rings. The number of halogens is 3. The van der Waals surface area contributed by atoms with Gasteiger partial charge < -0.3 is 15.5 Å². The number of carbonyl (C=O) groups is 1. The van der Waals surface area contributed by atoms with Gasteiger partial charge in [0.2, 0.25) is 0 Å². The second kappa shape index (κ2) is 10.7. The van der Waals surface area contributed by atoms with Crippen LogP contribution >= 0.6 is 0 Å². The summed E-state index contributed by atoms with van der Waals surface area (Å²) in [6.07, 6.45) is -4.01. The number of hydrogen-bond donors (Lipinski definition) is 3. The molecule has 1 saturated heterocycles. The maximum Gasteiger partial charge on any atom is 0.418 e. The third-order valence-corrected chi connectivity index (χ3v) is 7.15. The summed E-state index contributed by atoms with van der Waals surface area (Å²) in [6, 6.07) is 13.9. The van der Waals surface area contributed by atoms with Crippen LogP contribution in [0.2, 0.25) is 0 Å².